The average molecular weight is 315 g/mol. The highest BCUT2D eigenvalue weighted by Gasteiger charge is 2.58. The van der Waals surface area contributed by atoms with Crippen LogP contribution >= 0.6 is 0 Å². The van der Waals surface area contributed by atoms with Crippen LogP contribution in [0.25, 0.3) is 0 Å². The van der Waals surface area contributed by atoms with E-state index in [1.807, 2.05) is 11.8 Å². The van der Waals surface area contributed by atoms with Gasteiger partial charge in [-0.1, -0.05) is 11.8 Å². The Labute approximate surface area is 124 Å². The highest BCUT2D eigenvalue weighted by atomic mass is 19.1. The van der Waals surface area contributed by atoms with Crippen LogP contribution in [0.1, 0.15) is 11.9 Å². The van der Waals surface area contributed by atoms with Crippen LogP contribution in [0.3, 0.4) is 0 Å². The summed E-state index contributed by atoms with van der Waals surface area (Å²) in [5.74, 6) is 3.76. The summed E-state index contributed by atoms with van der Waals surface area (Å²) in [6.07, 6.45) is -4.85. The lowest BCUT2D eigenvalue weighted by molar-refractivity contribution is -0.0551. The van der Waals surface area contributed by atoms with Crippen molar-refractivity contribution in [1.29, 1.82) is 0 Å². The minimum atomic E-state index is -2.77. The molecule has 4 N–H and O–H groups in total. The Kier molecular flexibility index (Phi) is 4.46. The van der Waals surface area contributed by atoms with Gasteiger partial charge in [0.2, 0.25) is 5.67 Å². The number of nitrogen functional groups attached to an aromatic ring is 1. The fourth-order valence-corrected chi connectivity index (χ4v) is 2.37. The highest BCUT2D eigenvalue weighted by molar-refractivity contribution is 5.30. The predicted octanol–water partition coefficient (Wildman–Crippen LogP) is -0.934. The minimum absolute atomic E-state index is 0.0599. The molecule has 0 aliphatic carbocycles. The van der Waals surface area contributed by atoms with Crippen LogP contribution in [0, 0.1) is 18.8 Å². The lowest BCUT2D eigenvalue weighted by Gasteiger charge is -2.25. The Morgan fingerprint density at radius 2 is 2.32 bits per heavy atom. The van der Waals surface area contributed by atoms with E-state index < -0.39 is 43.1 Å². The molecule has 1 aliphatic rings. The zero-order chi connectivity index (χ0) is 16.5. The van der Waals surface area contributed by atoms with Gasteiger partial charge in [0.1, 0.15) is 24.7 Å². The smallest absolute Gasteiger partial charge is 0.351 e. The van der Waals surface area contributed by atoms with Crippen LogP contribution in [0.15, 0.2) is 10.9 Å². The molecule has 0 spiro atoms. The number of nitrogens with zero attached hydrogens (tertiary/aromatic N) is 2. The number of ether oxygens (including phenoxy) is 1. The lowest BCUT2D eigenvalue weighted by Crippen LogP contribution is -2.45. The molecule has 2 heterocycles. The summed E-state index contributed by atoms with van der Waals surface area (Å²) in [6.45, 7) is -0.371. The van der Waals surface area contributed by atoms with Crippen LogP contribution in [-0.2, 0) is 4.74 Å². The number of rotatable bonds is 2. The van der Waals surface area contributed by atoms with Gasteiger partial charge in [-0.05, 0) is 13.0 Å². The van der Waals surface area contributed by atoms with Gasteiger partial charge in [0.05, 0.1) is 6.61 Å². The molecule has 22 heavy (non-hydrogen) atoms. The van der Waals surface area contributed by atoms with E-state index in [-0.39, 0.29) is 11.5 Å². The topological polar surface area (TPSA) is 111 Å². The van der Waals surface area contributed by atoms with Gasteiger partial charge < -0.3 is 20.7 Å². The number of aromatic nitrogens is 2. The van der Waals surface area contributed by atoms with E-state index in [0.717, 1.165) is 4.57 Å². The highest BCUT2D eigenvalue weighted by Crippen LogP contribution is 2.41. The summed E-state index contributed by atoms with van der Waals surface area (Å²) >= 11 is 0. The summed E-state index contributed by atoms with van der Waals surface area (Å²) in [6, 6.07) is 1.31. The second kappa shape index (κ2) is 6.00. The normalized spacial score (nSPS) is 30.9. The van der Waals surface area contributed by atoms with Gasteiger partial charge in [-0.15, -0.1) is 0 Å². The molecule has 0 saturated carbocycles. The molecule has 1 fully saturated rings. The van der Waals surface area contributed by atoms with Crippen LogP contribution in [0.4, 0.5) is 14.6 Å². The van der Waals surface area contributed by atoms with Gasteiger partial charge in [0.25, 0.3) is 0 Å². The summed E-state index contributed by atoms with van der Waals surface area (Å²) in [4.78, 5) is 15.4. The van der Waals surface area contributed by atoms with Crippen molar-refractivity contribution in [2.24, 2.45) is 0 Å². The maximum Gasteiger partial charge on any atom is 0.351 e. The molecule has 2 rings (SSSR count). The first kappa shape index (κ1) is 16.4. The molecule has 0 bridgehead atoms. The minimum Gasteiger partial charge on any atom is -0.394 e. The summed E-state index contributed by atoms with van der Waals surface area (Å²) in [5.41, 5.74) is 1.97. The van der Waals surface area contributed by atoms with E-state index in [0.29, 0.717) is 0 Å². The quantitative estimate of drug-likeness (QED) is 0.608. The SMILES string of the molecule is Cc1cc(N)nc(=O)n1[C@@H]1O[C@H](CO)[C@H](O)C1(F)C#CCF. The van der Waals surface area contributed by atoms with E-state index in [1.54, 1.807) is 0 Å². The van der Waals surface area contributed by atoms with Gasteiger partial charge in [-0.3, -0.25) is 4.57 Å². The number of nitrogens with two attached hydrogens (primary N) is 1. The third kappa shape index (κ3) is 2.56. The molecular weight excluding hydrogens is 300 g/mol. The van der Waals surface area contributed by atoms with Crippen molar-refractivity contribution in [3.8, 4) is 11.8 Å². The zero-order valence-corrected chi connectivity index (χ0v) is 11.7. The molecule has 1 saturated heterocycles. The molecule has 9 heteroatoms. The number of hydrogen-bond acceptors (Lipinski definition) is 6. The van der Waals surface area contributed by atoms with E-state index in [4.69, 9.17) is 15.6 Å². The number of alkyl halides is 2. The standard InChI is InChI=1S/C13H15F2N3O4/c1-7-5-9(16)17-12(21)18(7)11-13(15,3-2-4-14)10(20)8(6-19)22-11/h5,8,10-11,19-20H,4,6H2,1H3,(H2,16,17,21)/t8-,10+,11-,13?/m1/s1. The molecule has 0 radical (unpaired) electrons. The largest absolute Gasteiger partial charge is 0.394 e. The first-order valence-corrected chi connectivity index (χ1v) is 6.40. The molecule has 1 unspecified atom stereocenters. The number of aryl methyl sites for hydroxylation is 1. The fraction of sp³-hybridized carbons (Fsp3) is 0.538. The Morgan fingerprint density at radius 1 is 1.64 bits per heavy atom. The molecule has 1 aromatic heterocycles. The molecular formula is C13H15F2N3O4. The molecule has 0 amide bonds. The van der Waals surface area contributed by atoms with Gasteiger partial charge in [-0.25, -0.2) is 13.6 Å². The number of hydrogen-bond donors (Lipinski definition) is 3. The van der Waals surface area contributed by atoms with E-state index in [2.05, 4.69) is 4.98 Å². The van der Waals surface area contributed by atoms with Crippen molar-refractivity contribution in [2.75, 3.05) is 19.0 Å². The molecule has 120 valence electrons. The summed E-state index contributed by atoms with van der Waals surface area (Å²) < 4.78 is 33.4. The van der Waals surface area contributed by atoms with Crippen molar-refractivity contribution in [1.82, 2.24) is 9.55 Å². The van der Waals surface area contributed by atoms with Crippen molar-refractivity contribution in [2.45, 2.75) is 31.0 Å². The van der Waals surface area contributed by atoms with Gasteiger partial charge in [0, 0.05) is 5.69 Å². The van der Waals surface area contributed by atoms with E-state index in [9.17, 15) is 14.3 Å². The fourth-order valence-electron chi connectivity index (χ4n) is 2.37. The lowest BCUT2D eigenvalue weighted by atomic mass is 9.96. The number of halogens is 2. The van der Waals surface area contributed by atoms with E-state index >= 15 is 4.39 Å². The maximum absolute atomic E-state index is 15.1. The monoisotopic (exact) mass is 315 g/mol. The molecule has 4 atom stereocenters. The van der Waals surface area contributed by atoms with Gasteiger partial charge in [0.15, 0.2) is 6.23 Å². The first-order valence-electron chi connectivity index (χ1n) is 6.40. The summed E-state index contributed by atoms with van der Waals surface area (Å²) in [5, 5.41) is 19.1. The molecule has 7 nitrogen and oxygen atoms in total. The van der Waals surface area contributed by atoms with Crippen molar-refractivity contribution in [3.05, 3.63) is 22.2 Å². The van der Waals surface area contributed by atoms with E-state index in [1.165, 1.54) is 13.0 Å². The molecule has 0 aromatic carbocycles. The number of aliphatic hydroxyl groups is 2. The van der Waals surface area contributed by atoms with Crippen molar-refractivity contribution < 1.29 is 23.7 Å². The second-order valence-electron chi connectivity index (χ2n) is 4.83. The van der Waals surface area contributed by atoms with Crippen LogP contribution in [0.5, 0.6) is 0 Å². The average Bonchev–Trinajstić information content (AvgIpc) is 2.69. The number of aliphatic hydroxyl groups excluding tert-OH is 2. The zero-order valence-electron chi connectivity index (χ0n) is 11.7. The first-order chi connectivity index (χ1) is 10.3. The Bertz CT molecular complexity index is 684. The predicted molar refractivity (Wildman–Crippen MR) is 72.2 cm³/mol. The van der Waals surface area contributed by atoms with Gasteiger partial charge >= 0.3 is 5.69 Å². The van der Waals surface area contributed by atoms with Crippen LogP contribution in [0.2, 0.25) is 0 Å². The summed E-state index contributed by atoms with van der Waals surface area (Å²) in [7, 11) is 0. The molecule has 1 aliphatic heterocycles. The van der Waals surface area contributed by atoms with Crippen molar-refractivity contribution >= 4 is 5.82 Å². The Balaban J connectivity index is 2.59. The van der Waals surface area contributed by atoms with Crippen LogP contribution in [-0.4, -0.2) is 50.9 Å². The second-order valence-corrected chi connectivity index (χ2v) is 4.83. The number of anilines is 1. The third-order valence-corrected chi connectivity index (χ3v) is 3.37. The third-order valence-electron chi connectivity index (χ3n) is 3.37. The van der Waals surface area contributed by atoms with Crippen molar-refractivity contribution in [3.63, 3.8) is 0 Å². The Hall–Kier alpha value is -2.02. The maximum atomic E-state index is 15.1. The Morgan fingerprint density at radius 3 is 2.86 bits per heavy atom. The van der Waals surface area contributed by atoms with Crippen LogP contribution < -0.4 is 11.4 Å². The molecule has 1 aromatic rings. The van der Waals surface area contributed by atoms with Gasteiger partial charge in [-0.2, -0.15) is 4.98 Å².